The van der Waals surface area contributed by atoms with Gasteiger partial charge in [-0.15, -0.1) is 0 Å². The minimum Gasteiger partial charge on any atom is -0.343 e. The Morgan fingerprint density at radius 3 is 2.32 bits per heavy atom. The number of hydrogen-bond acceptors (Lipinski definition) is 1. The molecule has 3 rings (SSSR count). The van der Waals surface area contributed by atoms with Crippen LogP contribution in [0.15, 0.2) is 54.6 Å². The van der Waals surface area contributed by atoms with E-state index < -0.39 is 0 Å². The van der Waals surface area contributed by atoms with Crippen LogP contribution in [0.2, 0.25) is 5.02 Å². The maximum absolute atomic E-state index is 13.0. The van der Waals surface area contributed by atoms with Gasteiger partial charge in [0.1, 0.15) is 5.82 Å². The van der Waals surface area contributed by atoms with E-state index in [0.29, 0.717) is 5.02 Å². The van der Waals surface area contributed by atoms with Gasteiger partial charge in [-0.1, -0.05) is 35.9 Å². The highest BCUT2D eigenvalue weighted by molar-refractivity contribution is 6.30. The van der Waals surface area contributed by atoms with Gasteiger partial charge in [0.15, 0.2) is 0 Å². The van der Waals surface area contributed by atoms with Gasteiger partial charge in [0, 0.05) is 11.1 Å². The molecule has 1 amide bonds. The van der Waals surface area contributed by atoms with Crippen molar-refractivity contribution in [2.24, 2.45) is 0 Å². The molecule has 22 heavy (non-hydrogen) atoms. The average molecular weight is 316 g/mol. The Labute approximate surface area is 133 Å². The van der Waals surface area contributed by atoms with Gasteiger partial charge in [-0.3, -0.25) is 4.79 Å². The van der Waals surface area contributed by atoms with Gasteiger partial charge in [-0.05, 0) is 54.3 Å². The second-order valence-electron chi connectivity index (χ2n) is 5.46. The molecule has 0 atom stereocenters. The maximum atomic E-state index is 13.0. The molecule has 0 unspecified atom stereocenters. The van der Waals surface area contributed by atoms with Gasteiger partial charge in [0.25, 0.3) is 0 Å². The Morgan fingerprint density at radius 2 is 1.73 bits per heavy atom. The monoisotopic (exact) mass is 315 g/mol. The van der Waals surface area contributed by atoms with Crippen molar-refractivity contribution < 1.29 is 9.18 Å². The Bertz CT molecular complexity index is 703. The summed E-state index contributed by atoms with van der Waals surface area (Å²) in [6, 6.07) is 13.5. The van der Waals surface area contributed by atoms with Crippen LogP contribution in [-0.2, 0) is 10.3 Å². The normalized spacial score (nSPS) is 15.7. The summed E-state index contributed by atoms with van der Waals surface area (Å²) >= 11 is 5.82. The smallest absolute Gasteiger partial charge is 0.244 e. The fraction of sp³-hybridized carbons (Fsp3) is 0.167. The summed E-state index contributed by atoms with van der Waals surface area (Å²) in [7, 11) is 0. The van der Waals surface area contributed by atoms with E-state index in [2.05, 4.69) is 5.32 Å². The summed E-state index contributed by atoms with van der Waals surface area (Å²) in [4.78, 5) is 12.1. The second kappa shape index (κ2) is 5.93. The Kier molecular flexibility index (Phi) is 3.99. The van der Waals surface area contributed by atoms with Crippen LogP contribution in [0.4, 0.5) is 4.39 Å². The fourth-order valence-electron chi connectivity index (χ4n) is 2.40. The minimum absolute atomic E-state index is 0.156. The van der Waals surface area contributed by atoms with Crippen LogP contribution in [-0.4, -0.2) is 5.91 Å². The molecule has 0 spiro atoms. The first-order valence-electron chi connectivity index (χ1n) is 7.09. The molecule has 2 nitrogen and oxygen atoms in total. The summed E-state index contributed by atoms with van der Waals surface area (Å²) < 4.78 is 13.0. The Balaban J connectivity index is 1.66. The molecule has 1 aliphatic rings. The molecule has 0 radical (unpaired) electrons. The molecule has 4 heteroatoms. The molecular formula is C18H15ClFNO. The zero-order valence-corrected chi connectivity index (χ0v) is 12.6. The van der Waals surface area contributed by atoms with Gasteiger partial charge >= 0.3 is 0 Å². The number of rotatable bonds is 4. The Hall–Kier alpha value is -2.13. The standard InChI is InChI=1S/C18H15ClFNO/c19-15-6-1-13(2-7-15)3-10-17(22)21-18(11-12-18)14-4-8-16(20)9-5-14/h1-10H,11-12H2,(H,21,22)/b10-3+. The van der Waals surface area contributed by atoms with Crippen LogP contribution in [0.1, 0.15) is 24.0 Å². The van der Waals surface area contributed by atoms with Gasteiger partial charge in [-0.2, -0.15) is 0 Å². The van der Waals surface area contributed by atoms with Crippen molar-refractivity contribution in [3.8, 4) is 0 Å². The van der Waals surface area contributed by atoms with E-state index in [0.717, 1.165) is 24.0 Å². The summed E-state index contributed by atoms with van der Waals surface area (Å²) in [5.41, 5.74) is 1.52. The van der Waals surface area contributed by atoms with Gasteiger partial charge in [0.05, 0.1) is 5.54 Å². The molecule has 112 valence electrons. The highest BCUT2D eigenvalue weighted by Crippen LogP contribution is 2.45. The van der Waals surface area contributed by atoms with Gasteiger partial charge in [-0.25, -0.2) is 4.39 Å². The Morgan fingerprint density at radius 1 is 1.09 bits per heavy atom. The lowest BCUT2D eigenvalue weighted by Crippen LogP contribution is -2.33. The number of carbonyl (C=O) groups is 1. The third-order valence-electron chi connectivity index (χ3n) is 3.81. The number of carbonyl (C=O) groups excluding carboxylic acids is 1. The van der Waals surface area contributed by atoms with E-state index in [1.54, 1.807) is 30.3 Å². The fourth-order valence-corrected chi connectivity index (χ4v) is 2.53. The highest BCUT2D eigenvalue weighted by Gasteiger charge is 2.45. The number of hydrogen-bond donors (Lipinski definition) is 1. The van der Waals surface area contributed by atoms with Crippen LogP contribution < -0.4 is 5.32 Å². The lowest BCUT2D eigenvalue weighted by molar-refractivity contribution is -0.117. The molecule has 1 saturated carbocycles. The first-order chi connectivity index (χ1) is 10.6. The quantitative estimate of drug-likeness (QED) is 0.837. The number of amides is 1. The first-order valence-corrected chi connectivity index (χ1v) is 7.47. The first kappa shape index (κ1) is 14.8. The number of nitrogens with one attached hydrogen (secondary N) is 1. The van der Waals surface area contributed by atoms with Gasteiger partial charge < -0.3 is 5.32 Å². The molecule has 0 heterocycles. The predicted octanol–water partition coefficient (Wildman–Crippen LogP) is 4.30. The van der Waals surface area contributed by atoms with Crippen molar-refractivity contribution in [1.29, 1.82) is 0 Å². The van der Waals surface area contributed by atoms with Crippen LogP contribution in [0.25, 0.3) is 6.08 Å². The van der Waals surface area contributed by atoms with Crippen molar-refractivity contribution in [2.45, 2.75) is 18.4 Å². The zero-order valence-electron chi connectivity index (χ0n) is 11.9. The minimum atomic E-state index is -0.338. The number of benzene rings is 2. The molecule has 0 saturated heterocycles. The van der Waals surface area contributed by atoms with Crippen LogP contribution >= 0.6 is 11.6 Å². The highest BCUT2D eigenvalue weighted by atomic mass is 35.5. The van der Waals surface area contributed by atoms with E-state index in [9.17, 15) is 9.18 Å². The third kappa shape index (κ3) is 3.37. The van der Waals surface area contributed by atoms with E-state index in [-0.39, 0.29) is 17.3 Å². The molecule has 2 aromatic rings. The summed E-state index contributed by atoms with van der Waals surface area (Å²) in [5, 5.41) is 3.67. The van der Waals surface area contributed by atoms with Gasteiger partial charge in [0.2, 0.25) is 5.91 Å². The lowest BCUT2D eigenvalue weighted by Gasteiger charge is -2.16. The van der Waals surface area contributed by atoms with E-state index in [1.807, 2.05) is 12.1 Å². The van der Waals surface area contributed by atoms with E-state index in [4.69, 9.17) is 11.6 Å². The average Bonchev–Trinajstić information content (AvgIpc) is 3.28. The van der Waals surface area contributed by atoms with Crippen LogP contribution in [0.5, 0.6) is 0 Å². The second-order valence-corrected chi connectivity index (χ2v) is 5.90. The molecule has 0 aromatic heterocycles. The topological polar surface area (TPSA) is 29.1 Å². The largest absolute Gasteiger partial charge is 0.343 e. The summed E-state index contributed by atoms with van der Waals surface area (Å²) in [5.74, 6) is -0.426. The molecule has 0 aliphatic heterocycles. The SMILES string of the molecule is O=C(/C=C/c1ccc(Cl)cc1)NC1(c2ccc(F)cc2)CC1. The van der Waals surface area contributed by atoms with Crippen molar-refractivity contribution >= 4 is 23.6 Å². The summed E-state index contributed by atoms with van der Waals surface area (Å²) in [6.07, 6.45) is 5.00. The van der Waals surface area contributed by atoms with E-state index >= 15 is 0 Å². The van der Waals surface area contributed by atoms with Crippen molar-refractivity contribution in [3.05, 3.63) is 76.6 Å². The molecule has 1 aliphatic carbocycles. The van der Waals surface area contributed by atoms with Crippen molar-refractivity contribution in [2.75, 3.05) is 0 Å². The maximum Gasteiger partial charge on any atom is 0.244 e. The van der Waals surface area contributed by atoms with Crippen molar-refractivity contribution in [1.82, 2.24) is 5.32 Å². The molecule has 1 N–H and O–H groups in total. The molecule has 2 aromatic carbocycles. The molecule has 1 fully saturated rings. The van der Waals surface area contributed by atoms with Crippen molar-refractivity contribution in [3.63, 3.8) is 0 Å². The third-order valence-corrected chi connectivity index (χ3v) is 4.06. The lowest BCUT2D eigenvalue weighted by atomic mass is 10.0. The zero-order chi connectivity index (χ0) is 15.6. The van der Waals surface area contributed by atoms with Crippen LogP contribution in [0, 0.1) is 5.82 Å². The molecule has 0 bridgehead atoms. The van der Waals surface area contributed by atoms with E-state index in [1.165, 1.54) is 18.2 Å². The van der Waals surface area contributed by atoms with Crippen LogP contribution in [0.3, 0.4) is 0 Å². The number of halogens is 2. The predicted molar refractivity (Wildman–Crippen MR) is 85.9 cm³/mol. The molecular weight excluding hydrogens is 301 g/mol. The summed E-state index contributed by atoms with van der Waals surface area (Å²) in [6.45, 7) is 0.